The van der Waals surface area contributed by atoms with Gasteiger partial charge in [0.15, 0.2) is 5.17 Å². The molecule has 2 aromatic rings. The van der Waals surface area contributed by atoms with E-state index in [9.17, 15) is 0 Å². The Morgan fingerprint density at radius 3 is 2.37 bits per heavy atom. The summed E-state index contributed by atoms with van der Waals surface area (Å²) in [5.74, 6) is 0.845. The van der Waals surface area contributed by atoms with E-state index in [1.807, 2.05) is 30.3 Å². The molecular weight excluding hydrogens is 320 g/mol. The fourth-order valence-corrected chi connectivity index (χ4v) is 2.46. The molecule has 0 heterocycles. The number of benzene rings is 2. The van der Waals surface area contributed by atoms with Crippen LogP contribution in [-0.2, 0) is 12.3 Å². The molecule has 0 aliphatic carbocycles. The number of halogens is 1. The molecular formula is C15H15BrN2S. The average molecular weight is 335 g/mol. The average Bonchev–Trinajstić information content (AvgIpc) is 2.45. The van der Waals surface area contributed by atoms with Crippen LogP contribution in [0.4, 0.5) is 0 Å². The van der Waals surface area contributed by atoms with Crippen LogP contribution in [0.15, 0.2) is 64.1 Å². The van der Waals surface area contributed by atoms with Gasteiger partial charge in [0.25, 0.3) is 0 Å². The highest BCUT2D eigenvalue weighted by molar-refractivity contribution is 9.10. The van der Waals surface area contributed by atoms with Crippen LogP contribution in [-0.4, -0.2) is 5.17 Å². The standard InChI is InChI=1S/C15H15BrN2S/c16-14-8-6-13(7-9-14)11-19-15(17)18-10-12-4-2-1-3-5-12/h1-9H,10-11H2,(H2,17,18). The van der Waals surface area contributed by atoms with Crippen molar-refractivity contribution in [1.82, 2.24) is 0 Å². The van der Waals surface area contributed by atoms with Crippen molar-refractivity contribution in [3.8, 4) is 0 Å². The van der Waals surface area contributed by atoms with Crippen molar-refractivity contribution >= 4 is 32.9 Å². The van der Waals surface area contributed by atoms with Gasteiger partial charge in [-0.3, -0.25) is 4.99 Å². The molecule has 0 saturated carbocycles. The van der Waals surface area contributed by atoms with Crippen LogP contribution in [0.25, 0.3) is 0 Å². The van der Waals surface area contributed by atoms with Crippen molar-refractivity contribution in [3.63, 3.8) is 0 Å². The van der Waals surface area contributed by atoms with Crippen LogP contribution in [0.3, 0.4) is 0 Å². The monoisotopic (exact) mass is 334 g/mol. The third-order valence-electron chi connectivity index (χ3n) is 2.56. The van der Waals surface area contributed by atoms with Gasteiger partial charge in [0.1, 0.15) is 0 Å². The maximum Gasteiger partial charge on any atom is 0.154 e. The molecule has 0 fully saturated rings. The molecule has 0 unspecified atom stereocenters. The van der Waals surface area contributed by atoms with Gasteiger partial charge >= 0.3 is 0 Å². The fourth-order valence-electron chi connectivity index (χ4n) is 1.54. The second kappa shape index (κ2) is 7.36. The first kappa shape index (κ1) is 14.2. The van der Waals surface area contributed by atoms with E-state index in [0.29, 0.717) is 11.7 Å². The molecule has 0 spiro atoms. The maximum absolute atomic E-state index is 5.90. The van der Waals surface area contributed by atoms with E-state index in [-0.39, 0.29) is 0 Å². The molecule has 0 bridgehead atoms. The van der Waals surface area contributed by atoms with E-state index in [4.69, 9.17) is 5.73 Å². The Balaban J connectivity index is 1.84. The normalized spacial score (nSPS) is 11.5. The second-order valence-electron chi connectivity index (χ2n) is 4.06. The zero-order chi connectivity index (χ0) is 13.5. The molecule has 2 rings (SSSR count). The minimum Gasteiger partial charge on any atom is -0.379 e. The first-order chi connectivity index (χ1) is 9.24. The molecule has 4 heteroatoms. The largest absolute Gasteiger partial charge is 0.379 e. The first-order valence-corrected chi connectivity index (χ1v) is 7.73. The van der Waals surface area contributed by atoms with Crippen molar-refractivity contribution in [2.45, 2.75) is 12.3 Å². The van der Waals surface area contributed by atoms with Gasteiger partial charge in [-0.05, 0) is 23.3 Å². The Labute approximate surface area is 126 Å². The van der Waals surface area contributed by atoms with Gasteiger partial charge < -0.3 is 5.73 Å². The molecule has 2 nitrogen and oxygen atoms in total. The van der Waals surface area contributed by atoms with Crippen molar-refractivity contribution in [2.75, 3.05) is 0 Å². The van der Waals surface area contributed by atoms with Crippen molar-refractivity contribution < 1.29 is 0 Å². The highest BCUT2D eigenvalue weighted by Crippen LogP contribution is 2.16. The Kier molecular flexibility index (Phi) is 5.48. The van der Waals surface area contributed by atoms with Crippen LogP contribution < -0.4 is 5.73 Å². The lowest BCUT2D eigenvalue weighted by molar-refractivity contribution is 1.07. The number of aliphatic imine (C=N–C) groups is 1. The predicted molar refractivity (Wildman–Crippen MR) is 87.2 cm³/mol. The summed E-state index contributed by atoms with van der Waals surface area (Å²) in [4.78, 5) is 4.38. The Bertz CT molecular complexity index is 538. The van der Waals surface area contributed by atoms with Crippen LogP contribution in [0.1, 0.15) is 11.1 Å². The quantitative estimate of drug-likeness (QED) is 0.672. The molecule has 0 aromatic heterocycles. The van der Waals surface area contributed by atoms with Gasteiger partial charge in [-0.15, -0.1) is 0 Å². The SMILES string of the molecule is NC(=NCc1ccccc1)SCc1ccc(Br)cc1. The highest BCUT2D eigenvalue weighted by Gasteiger charge is 1.97. The molecule has 0 aliphatic rings. The van der Waals surface area contributed by atoms with Crippen LogP contribution in [0, 0.1) is 0 Å². The lowest BCUT2D eigenvalue weighted by Gasteiger charge is -2.02. The Morgan fingerprint density at radius 2 is 1.68 bits per heavy atom. The minimum absolute atomic E-state index is 0.631. The van der Waals surface area contributed by atoms with Gasteiger partial charge in [-0.1, -0.05) is 70.2 Å². The molecule has 2 N–H and O–H groups in total. The van der Waals surface area contributed by atoms with Gasteiger partial charge in [-0.25, -0.2) is 0 Å². The fraction of sp³-hybridized carbons (Fsp3) is 0.133. The van der Waals surface area contributed by atoms with Crippen molar-refractivity contribution in [1.29, 1.82) is 0 Å². The number of amidine groups is 1. The Morgan fingerprint density at radius 1 is 1.00 bits per heavy atom. The molecule has 98 valence electrons. The van der Waals surface area contributed by atoms with E-state index >= 15 is 0 Å². The summed E-state index contributed by atoms with van der Waals surface area (Å²) in [5.41, 5.74) is 8.32. The number of nitrogens with two attached hydrogens (primary N) is 1. The summed E-state index contributed by atoms with van der Waals surface area (Å²) in [6.07, 6.45) is 0. The lowest BCUT2D eigenvalue weighted by atomic mass is 10.2. The molecule has 2 aromatic carbocycles. The van der Waals surface area contributed by atoms with E-state index < -0.39 is 0 Å². The number of rotatable bonds is 4. The second-order valence-corrected chi connectivity index (χ2v) is 5.97. The van der Waals surface area contributed by atoms with Crippen LogP contribution in [0.2, 0.25) is 0 Å². The summed E-state index contributed by atoms with van der Waals surface area (Å²) in [6.45, 7) is 0.639. The van der Waals surface area contributed by atoms with E-state index in [1.165, 1.54) is 11.1 Å². The van der Waals surface area contributed by atoms with E-state index in [2.05, 4.69) is 45.2 Å². The van der Waals surface area contributed by atoms with Gasteiger partial charge in [-0.2, -0.15) is 0 Å². The molecule has 0 atom stereocenters. The summed E-state index contributed by atoms with van der Waals surface area (Å²) in [7, 11) is 0. The summed E-state index contributed by atoms with van der Waals surface area (Å²) < 4.78 is 1.09. The maximum atomic E-state index is 5.90. The first-order valence-electron chi connectivity index (χ1n) is 5.95. The number of thioether (sulfide) groups is 1. The number of nitrogens with zero attached hydrogens (tertiary/aromatic N) is 1. The lowest BCUT2D eigenvalue weighted by Crippen LogP contribution is -2.07. The predicted octanol–water partition coefficient (Wildman–Crippen LogP) is 4.20. The summed E-state index contributed by atoms with van der Waals surface area (Å²) in [5, 5.41) is 0.631. The zero-order valence-electron chi connectivity index (χ0n) is 10.4. The van der Waals surface area contributed by atoms with Crippen LogP contribution in [0.5, 0.6) is 0 Å². The number of hydrogen-bond acceptors (Lipinski definition) is 2. The van der Waals surface area contributed by atoms with E-state index in [1.54, 1.807) is 11.8 Å². The Hall–Kier alpha value is -1.26. The molecule has 0 radical (unpaired) electrons. The van der Waals surface area contributed by atoms with Gasteiger partial charge in [0.05, 0.1) is 6.54 Å². The molecule has 19 heavy (non-hydrogen) atoms. The third kappa shape index (κ3) is 5.09. The highest BCUT2D eigenvalue weighted by atomic mass is 79.9. The zero-order valence-corrected chi connectivity index (χ0v) is 12.8. The van der Waals surface area contributed by atoms with Crippen molar-refractivity contribution in [2.24, 2.45) is 10.7 Å². The van der Waals surface area contributed by atoms with E-state index in [0.717, 1.165) is 10.2 Å². The van der Waals surface area contributed by atoms with Gasteiger partial charge in [0.2, 0.25) is 0 Å². The molecule has 0 aliphatic heterocycles. The summed E-state index contributed by atoms with van der Waals surface area (Å²) in [6, 6.07) is 18.4. The van der Waals surface area contributed by atoms with Gasteiger partial charge in [0, 0.05) is 10.2 Å². The molecule has 0 saturated heterocycles. The summed E-state index contributed by atoms with van der Waals surface area (Å²) >= 11 is 4.99. The smallest absolute Gasteiger partial charge is 0.154 e. The number of hydrogen-bond donors (Lipinski definition) is 1. The van der Waals surface area contributed by atoms with Crippen molar-refractivity contribution in [3.05, 3.63) is 70.2 Å². The van der Waals surface area contributed by atoms with Crippen LogP contribution >= 0.6 is 27.7 Å². The minimum atomic E-state index is 0.631. The third-order valence-corrected chi connectivity index (χ3v) is 3.99. The molecule has 0 amide bonds. The topological polar surface area (TPSA) is 38.4 Å².